The van der Waals surface area contributed by atoms with Crippen LogP contribution in [-0.2, 0) is 0 Å². The lowest BCUT2D eigenvalue weighted by atomic mass is 10.1. The minimum absolute atomic E-state index is 0.173. The van der Waals surface area contributed by atoms with Crippen LogP contribution in [0.3, 0.4) is 0 Å². The minimum atomic E-state index is -0.497. The first-order valence-electron chi connectivity index (χ1n) is 10.1. The first-order chi connectivity index (χ1) is 15.4. The molecule has 1 aromatic heterocycles. The summed E-state index contributed by atoms with van der Waals surface area (Å²) in [6, 6.07) is 21.2. The lowest BCUT2D eigenvalue weighted by Crippen LogP contribution is -2.35. The molecule has 0 saturated carbocycles. The normalized spacial score (nSPS) is 11.9. The van der Waals surface area contributed by atoms with E-state index in [1.807, 2.05) is 49.4 Å². The van der Waals surface area contributed by atoms with Gasteiger partial charge in [-0.05, 0) is 49.4 Å². The van der Waals surface area contributed by atoms with Crippen molar-refractivity contribution in [3.8, 4) is 11.4 Å². The molecule has 0 aliphatic heterocycles. The van der Waals surface area contributed by atoms with Gasteiger partial charge in [0.2, 0.25) is 0 Å². The van der Waals surface area contributed by atoms with Gasteiger partial charge < -0.3 is 9.64 Å². The van der Waals surface area contributed by atoms with Gasteiger partial charge in [-0.15, -0.1) is 0 Å². The second-order valence-electron chi connectivity index (χ2n) is 7.40. The van der Waals surface area contributed by atoms with Crippen LogP contribution in [0.4, 0.5) is 0 Å². The number of carbonyl (C=O) groups is 1. The topological polar surface area (TPSA) is 64.4 Å². The Labute approximate surface area is 194 Å². The van der Waals surface area contributed by atoms with E-state index in [-0.39, 0.29) is 11.5 Å². The molecule has 1 unspecified atom stereocenters. The summed E-state index contributed by atoms with van der Waals surface area (Å²) in [5, 5.41) is 0.496. The predicted octanol–water partition coefficient (Wildman–Crippen LogP) is 4.99. The number of ether oxygens (including phenoxy) is 1. The summed E-state index contributed by atoms with van der Waals surface area (Å²) in [6.45, 7) is 1.86. The summed E-state index contributed by atoms with van der Waals surface area (Å²) in [7, 11) is 3.27. The highest BCUT2D eigenvalue weighted by molar-refractivity contribution is 9.10. The average molecular weight is 492 g/mol. The van der Waals surface area contributed by atoms with Crippen molar-refractivity contribution >= 4 is 32.7 Å². The molecule has 0 aliphatic carbocycles. The summed E-state index contributed by atoms with van der Waals surface area (Å²) in [5.41, 5.74) is 1.48. The Morgan fingerprint density at radius 1 is 1.06 bits per heavy atom. The van der Waals surface area contributed by atoms with Crippen molar-refractivity contribution in [3.63, 3.8) is 0 Å². The van der Waals surface area contributed by atoms with Gasteiger partial charge in [0.1, 0.15) is 11.6 Å². The zero-order chi connectivity index (χ0) is 22.8. The number of amides is 1. The first-order valence-corrected chi connectivity index (χ1v) is 10.9. The first kappa shape index (κ1) is 21.8. The van der Waals surface area contributed by atoms with Crippen molar-refractivity contribution in [1.29, 1.82) is 0 Å². The summed E-state index contributed by atoms with van der Waals surface area (Å²) >= 11 is 3.41. The third kappa shape index (κ3) is 3.91. The molecule has 7 heteroatoms. The molecular weight excluding hydrogens is 470 g/mol. The lowest BCUT2D eigenvalue weighted by molar-refractivity contribution is 0.0735. The van der Waals surface area contributed by atoms with Gasteiger partial charge in [-0.3, -0.25) is 14.2 Å². The van der Waals surface area contributed by atoms with Gasteiger partial charge in [0.15, 0.2) is 0 Å². The van der Waals surface area contributed by atoms with Crippen LogP contribution in [0.15, 0.2) is 82.1 Å². The number of hydrogen-bond acceptors (Lipinski definition) is 4. The van der Waals surface area contributed by atoms with E-state index in [1.54, 1.807) is 49.4 Å². The molecule has 0 saturated heterocycles. The van der Waals surface area contributed by atoms with Crippen LogP contribution < -0.4 is 10.3 Å². The Balaban J connectivity index is 1.91. The van der Waals surface area contributed by atoms with Crippen LogP contribution in [0.2, 0.25) is 0 Å². The highest BCUT2D eigenvalue weighted by Gasteiger charge is 2.26. The molecule has 0 N–H and O–H groups in total. The molecule has 4 aromatic rings. The smallest absolute Gasteiger partial charge is 0.266 e. The van der Waals surface area contributed by atoms with E-state index in [0.29, 0.717) is 33.7 Å². The Hall–Kier alpha value is -3.45. The minimum Gasteiger partial charge on any atom is -0.495 e. The maximum atomic E-state index is 13.6. The van der Waals surface area contributed by atoms with Gasteiger partial charge >= 0.3 is 0 Å². The van der Waals surface area contributed by atoms with Crippen LogP contribution in [-0.4, -0.2) is 34.5 Å². The van der Waals surface area contributed by atoms with Crippen LogP contribution in [0, 0.1) is 0 Å². The number of nitrogens with zero attached hydrogens (tertiary/aromatic N) is 3. The van der Waals surface area contributed by atoms with Crippen molar-refractivity contribution in [1.82, 2.24) is 14.5 Å². The molecular formula is C25H22BrN3O3. The summed E-state index contributed by atoms with van der Waals surface area (Å²) in [6.07, 6.45) is 0. The molecule has 162 valence electrons. The number of carbonyl (C=O) groups excluding carboxylic acids is 1. The predicted molar refractivity (Wildman–Crippen MR) is 129 cm³/mol. The number of halogens is 1. The molecule has 0 radical (unpaired) electrons. The van der Waals surface area contributed by atoms with Gasteiger partial charge in [0.05, 0.1) is 29.7 Å². The maximum absolute atomic E-state index is 13.6. The average Bonchev–Trinajstić information content (AvgIpc) is 2.82. The highest BCUT2D eigenvalue weighted by Crippen LogP contribution is 2.28. The zero-order valence-electron chi connectivity index (χ0n) is 17.9. The number of methoxy groups -OCH3 is 1. The van der Waals surface area contributed by atoms with Crippen molar-refractivity contribution < 1.29 is 9.53 Å². The fourth-order valence-corrected chi connectivity index (χ4v) is 4.05. The van der Waals surface area contributed by atoms with E-state index >= 15 is 0 Å². The molecule has 6 nitrogen and oxygen atoms in total. The van der Waals surface area contributed by atoms with E-state index in [1.165, 1.54) is 4.57 Å². The van der Waals surface area contributed by atoms with Crippen LogP contribution in [0.1, 0.15) is 29.1 Å². The van der Waals surface area contributed by atoms with Crippen molar-refractivity contribution in [2.24, 2.45) is 0 Å². The molecule has 32 heavy (non-hydrogen) atoms. The van der Waals surface area contributed by atoms with Gasteiger partial charge in [-0.1, -0.05) is 46.3 Å². The Kier molecular flexibility index (Phi) is 6.10. The molecule has 1 heterocycles. The Bertz CT molecular complexity index is 1370. The molecule has 1 amide bonds. The number of benzene rings is 3. The summed E-state index contributed by atoms with van der Waals surface area (Å²) < 4.78 is 7.88. The monoisotopic (exact) mass is 491 g/mol. The number of aromatic nitrogens is 2. The molecule has 0 bridgehead atoms. The lowest BCUT2D eigenvalue weighted by Gasteiger charge is -2.27. The standard InChI is InChI=1S/C25H22BrN3O3/c1-16(28(2)24(30)17-9-8-10-18(26)15-17)23-27-20-12-5-4-11-19(20)25(31)29(23)21-13-6-7-14-22(21)32-3/h4-16H,1-3H3. The summed E-state index contributed by atoms with van der Waals surface area (Å²) in [4.78, 5) is 33.2. The maximum Gasteiger partial charge on any atom is 0.266 e. The quantitative estimate of drug-likeness (QED) is 0.394. The third-order valence-electron chi connectivity index (χ3n) is 5.47. The number of rotatable bonds is 5. The van der Waals surface area contributed by atoms with Crippen LogP contribution in [0.5, 0.6) is 5.75 Å². The number of fused-ring (bicyclic) bond motifs is 1. The van der Waals surface area contributed by atoms with Gasteiger partial charge in [0.25, 0.3) is 11.5 Å². The van der Waals surface area contributed by atoms with Gasteiger partial charge in [0, 0.05) is 17.1 Å². The molecule has 0 fully saturated rings. The fraction of sp³-hybridized carbons (Fsp3) is 0.160. The van der Waals surface area contributed by atoms with Crippen molar-refractivity contribution in [2.75, 3.05) is 14.2 Å². The van der Waals surface area contributed by atoms with Crippen LogP contribution in [0.25, 0.3) is 16.6 Å². The van der Waals surface area contributed by atoms with Gasteiger partial charge in [-0.25, -0.2) is 4.98 Å². The molecule has 0 spiro atoms. The van der Waals surface area contributed by atoms with Crippen LogP contribution >= 0.6 is 15.9 Å². The van der Waals surface area contributed by atoms with E-state index in [2.05, 4.69) is 15.9 Å². The van der Waals surface area contributed by atoms with Crippen molar-refractivity contribution in [3.05, 3.63) is 99.0 Å². The zero-order valence-corrected chi connectivity index (χ0v) is 19.5. The second-order valence-corrected chi connectivity index (χ2v) is 8.32. The third-order valence-corrected chi connectivity index (χ3v) is 5.97. The highest BCUT2D eigenvalue weighted by atomic mass is 79.9. The second kappa shape index (κ2) is 8.96. The Morgan fingerprint density at radius 3 is 2.53 bits per heavy atom. The number of para-hydroxylation sites is 3. The number of hydrogen-bond donors (Lipinski definition) is 0. The van der Waals surface area contributed by atoms with E-state index < -0.39 is 6.04 Å². The Morgan fingerprint density at radius 2 is 1.78 bits per heavy atom. The molecule has 1 atom stereocenters. The van der Waals surface area contributed by atoms with E-state index in [9.17, 15) is 9.59 Å². The fourth-order valence-electron chi connectivity index (χ4n) is 3.65. The molecule has 3 aromatic carbocycles. The van der Waals surface area contributed by atoms with E-state index in [0.717, 1.165) is 4.47 Å². The molecule has 4 rings (SSSR count). The summed E-state index contributed by atoms with van der Waals surface area (Å²) in [5.74, 6) is 0.818. The van der Waals surface area contributed by atoms with E-state index in [4.69, 9.17) is 9.72 Å². The molecule has 0 aliphatic rings. The largest absolute Gasteiger partial charge is 0.495 e. The SMILES string of the molecule is COc1ccccc1-n1c(C(C)N(C)C(=O)c2cccc(Br)c2)nc2ccccc2c1=O. The van der Waals surface area contributed by atoms with Gasteiger partial charge in [-0.2, -0.15) is 0 Å². The van der Waals surface area contributed by atoms with Crippen molar-refractivity contribution in [2.45, 2.75) is 13.0 Å².